The lowest BCUT2D eigenvalue weighted by atomic mass is 9.84. The molecular weight excluding hydrogens is 388 g/mol. The number of ketones is 1. The van der Waals surface area contributed by atoms with Gasteiger partial charge in [0.15, 0.2) is 5.60 Å². The fourth-order valence-electron chi connectivity index (χ4n) is 4.28. The fraction of sp³-hybridized carbons (Fsp3) is 0.421. The number of benzene rings is 2. The van der Waals surface area contributed by atoms with Crippen LogP contribution in [-0.4, -0.2) is 30.9 Å². The summed E-state index contributed by atoms with van der Waals surface area (Å²) >= 11 is 0. The van der Waals surface area contributed by atoms with Gasteiger partial charge in [-0.25, -0.2) is 0 Å². The maximum absolute atomic E-state index is 14.0. The molecule has 2 bridgehead atoms. The summed E-state index contributed by atoms with van der Waals surface area (Å²) in [5.74, 6) is -2.17. The molecule has 0 amide bonds. The summed E-state index contributed by atoms with van der Waals surface area (Å²) in [5.41, 5.74) is -3.76. The number of Topliss-reactive ketones (excluding diaryl/α,β-unsaturated/α-hetero) is 1. The molecule has 0 spiro atoms. The smallest absolute Gasteiger partial charge is 0.345 e. The van der Waals surface area contributed by atoms with Crippen molar-refractivity contribution in [2.75, 3.05) is 11.4 Å². The first kappa shape index (κ1) is 19.0. The SMILES string of the molecule is CCN1c2c(cc(C(=O)C(F)(F)F)c3ccccc23)[C@@]2(C(F)(F)F)CC[C@@H]1O2. The van der Waals surface area contributed by atoms with E-state index in [2.05, 4.69) is 0 Å². The number of halogens is 6. The molecule has 3 nitrogen and oxygen atoms in total. The lowest BCUT2D eigenvalue weighted by Gasteiger charge is -2.43. The summed E-state index contributed by atoms with van der Waals surface area (Å²) in [6.45, 7) is 2.04. The van der Waals surface area contributed by atoms with Crippen molar-refractivity contribution in [3.63, 3.8) is 0 Å². The molecule has 28 heavy (non-hydrogen) atoms. The minimum atomic E-state index is -5.21. The molecule has 0 N–H and O–H groups in total. The predicted molar refractivity (Wildman–Crippen MR) is 89.2 cm³/mol. The Bertz CT molecular complexity index is 967. The first-order valence-corrected chi connectivity index (χ1v) is 8.70. The van der Waals surface area contributed by atoms with Crippen molar-refractivity contribution in [2.24, 2.45) is 0 Å². The molecule has 1 fully saturated rings. The zero-order valence-corrected chi connectivity index (χ0v) is 14.6. The van der Waals surface area contributed by atoms with E-state index in [0.717, 1.165) is 6.07 Å². The van der Waals surface area contributed by atoms with Gasteiger partial charge in [0, 0.05) is 23.1 Å². The van der Waals surface area contributed by atoms with E-state index >= 15 is 0 Å². The number of rotatable bonds is 2. The topological polar surface area (TPSA) is 29.5 Å². The molecule has 0 aliphatic carbocycles. The highest BCUT2D eigenvalue weighted by molar-refractivity contribution is 6.14. The van der Waals surface area contributed by atoms with Gasteiger partial charge in [0.1, 0.15) is 6.23 Å². The Kier molecular flexibility index (Phi) is 3.98. The monoisotopic (exact) mass is 403 g/mol. The Morgan fingerprint density at radius 2 is 1.82 bits per heavy atom. The average molecular weight is 403 g/mol. The molecule has 0 unspecified atom stereocenters. The predicted octanol–water partition coefficient (Wildman–Crippen LogP) is 5.32. The van der Waals surface area contributed by atoms with Gasteiger partial charge >= 0.3 is 12.4 Å². The zero-order chi connectivity index (χ0) is 20.5. The number of hydrogen-bond donors (Lipinski definition) is 0. The summed E-state index contributed by atoms with van der Waals surface area (Å²) < 4.78 is 86.9. The molecule has 2 aliphatic rings. The van der Waals surface area contributed by atoms with E-state index < -0.39 is 47.5 Å². The molecule has 0 aromatic heterocycles. The number of carbonyl (C=O) groups is 1. The van der Waals surface area contributed by atoms with Crippen molar-refractivity contribution < 1.29 is 35.9 Å². The number of carbonyl (C=O) groups excluding carboxylic acids is 1. The minimum absolute atomic E-state index is 0.0272. The van der Waals surface area contributed by atoms with Crippen molar-refractivity contribution in [1.82, 2.24) is 0 Å². The first-order valence-electron chi connectivity index (χ1n) is 8.70. The third-order valence-corrected chi connectivity index (χ3v) is 5.47. The van der Waals surface area contributed by atoms with E-state index in [1.165, 1.54) is 24.3 Å². The van der Waals surface area contributed by atoms with Gasteiger partial charge in [-0.15, -0.1) is 0 Å². The van der Waals surface area contributed by atoms with Crippen molar-refractivity contribution in [1.29, 1.82) is 0 Å². The second-order valence-electron chi connectivity index (χ2n) is 6.91. The molecule has 1 saturated heterocycles. The van der Waals surface area contributed by atoms with Crippen molar-refractivity contribution >= 4 is 22.2 Å². The van der Waals surface area contributed by atoms with E-state index in [1.54, 1.807) is 11.8 Å². The van der Waals surface area contributed by atoms with Crippen molar-refractivity contribution in [3.8, 4) is 0 Å². The quantitative estimate of drug-likeness (QED) is 0.502. The number of fused-ring (bicyclic) bond motifs is 6. The Labute approximate surface area is 155 Å². The van der Waals surface area contributed by atoms with Gasteiger partial charge in [-0.1, -0.05) is 24.3 Å². The van der Waals surface area contributed by atoms with E-state index in [9.17, 15) is 31.1 Å². The summed E-state index contributed by atoms with van der Waals surface area (Å²) in [4.78, 5) is 13.6. The molecule has 150 valence electrons. The molecule has 2 aliphatic heterocycles. The second-order valence-corrected chi connectivity index (χ2v) is 6.91. The van der Waals surface area contributed by atoms with Gasteiger partial charge in [-0.3, -0.25) is 4.79 Å². The number of alkyl halides is 6. The summed E-state index contributed by atoms with van der Waals surface area (Å²) in [7, 11) is 0. The van der Waals surface area contributed by atoms with Crippen LogP contribution in [0.25, 0.3) is 10.8 Å². The van der Waals surface area contributed by atoms with Gasteiger partial charge in [0.2, 0.25) is 0 Å². The highest BCUT2D eigenvalue weighted by Gasteiger charge is 2.65. The average Bonchev–Trinajstić information content (AvgIpc) is 3.02. The molecule has 2 aromatic rings. The van der Waals surface area contributed by atoms with Crippen LogP contribution < -0.4 is 4.90 Å². The van der Waals surface area contributed by atoms with Crippen LogP contribution in [0.4, 0.5) is 32.0 Å². The molecule has 0 radical (unpaired) electrons. The summed E-state index contributed by atoms with van der Waals surface area (Å²) in [6.07, 6.45) is -11.2. The molecule has 0 saturated carbocycles. The largest absolute Gasteiger partial charge is 0.454 e. The Hall–Kier alpha value is -2.29. The van der Waals surface area contributed by atoms with E-state index in [1.807, 2.05) is 0 Å². The van der Waals surface area contributed by atoms with Gasteiger partial charge in [-0.2, -0.15) is 26.3 Å². The third kappa shape index (κ3) is 2.45. The van der Waals surface area contributed by atoms with Crippen LogP contribution in [0, 0.1) is 0 Å². The highest BCUT2D eigenvalue weighted by atomic mass is 19.4. The minimum Gasteiger partial charge on any atom is -0.345 e. The van der Waals surface area contributed by atoms with Crippen LogP contribution in [0.3, 0.4) is 0 Å². The van der Waals surface area contributed by atoms with Crippen LogP contribution in [0.15, 0.2) is 30.3 Å². The maximum atomic E-state index is 14.0. The van der Waals surface area contributed by atoms with Gasteiger partial charge in [0.25, 0.3) is 5.78 Å². The Morgan fingerprint density at radius 3 is 2.39 bits per heavy atom. The summed E-state index contributed by atoms with van der Waals surface area (Å²) in [5, 5.41) is 0.152. The number of hydrogen-bond acceptors (Lipinski definition) is 3. The number of ether oxygens (including phenoxy) is 1. The zero-order valence-electron chi connectivity index (χ0n) is 14.6. The van der Waals surface area contributed by atoms with E-state index in [0.29, 0.717) is 6.54 Å². The van der Waals surface area contributed by atoms with Gasteiger partial charge in [0.05, 0.1) is 5.69 Å². The third-order valence-electron chi connectivity index (χ3n) is 5.47. The van der Waals surface area contributed by atoms with Crippen LogP contribution in [0.2, 0.25) is 0 Å². The molecule has 4 rings (SSSR count). The molecule has 2 heterocycles. The highest BCUT2D eigenvalue weighted by Crippen LogP contribution is 2.59. The van der Waals surface area contributed by atoms with Crippen molar-refractivity contribution in [3.05, 3.63) is 41.5 Å². The second kappa shape index (κ2) is 5.85. The fourth-order valence-corrected chi connectivity index (χ4v) is 4.28. The molecule has 2 atom stereocenters. The standard InChI is InChI=1S/C19H15F6NO2/c1-2-26-14-7-8-17(28-14,19(23,24)25)13-9-12(16(27)18(20,21)22)10-5-3-4-6-11(10)15(13)26/h3-6,9,14H,2,7-8H2,1H3/t14-,17+/m0/s1. The Balaban J connectivity index is 2.12. The van der Waals surface area contributed by atoms with Gasteiger partial charge in [-0.05, 0) is 31.2 Å². The molecule has 9 heteroatoms. The lowest BCUT2D eigenvalue weighted by Crippen LogP contribution is -2.50. The van der Waals surface area contributed by atoms with Crippen LogP contribution in [0.1, 0.15) is 35.7 Å². The van der Waals surface area contributed by atoms with E-state index in [4.69, 9.17) is 4.74 Å². The van der Waals surface area contributed by atoms with Crippen LogP contribution in [-0.2, 0) is 10.3 Å². The normalized spacial score (nSPS) is 24.5. The van der Waals surface area contributed by atoms with Crippen molar-refractivity contribution in [2.45, 2.75) is 43.9 Å². The van der Waals surface area contributed by atoms with Crippen LogP contribution >= 0.6 is 0 Å². The number of nitrogens with zero attached hydrogens (tertiary/aromatic N) is 1. The molecule has 2 aromatic carbocycles. The van der Waals surface area contributed by atoms with Crippen LogP contribution in [0.5, 0.6) is 0 Å². The number of anilines is 1. The summed E-state index contributed by atoms with van der Waals surface area (Å²) in [6, 6.07) is 6.46. The lowest BCUT2D eigenvalue weighted by molar-refractivity contribution is -0.280. The maximum Gasteiger partial charge on any atom is 0.454 e. The van der Waals surface area contributed by atoms with E-state index in [-0.39, 0.29) is 22.9 Å². The molecular formula is C19H15F6NO2. The Morgan fingerprint density at radius 1 is 1.18 bits per heavy atom. The van der Waals surface area contributed by atoms with Gasteiger partial charge < -0.3 is 9.64 Å². The first-order chi connectivity index (χ1) is 13.0.